The summed E-state index contributed by atoms with van der Waals surface area (Å²) in [7, 11) is 0. The Morgan fingerprint density at radius 3 is 2.33 bits per heavy atom. The Morgan fingerprint density at radius 1 is 0.833 bits per heavy atom. The number of phenolic OH excluding ortho intramolecular Hbond substituents is 1. The van der Waals surface area contributed by atoms with E-state index in [9.17, 15) is 14.7 Å². The molecule has 3 N–H and O–H groups in total. The molecule has 3 aromatic carbocycles. The van der Waals surface area contributed by atoms with Gasteiger partial charge in [0.25, 0.3) is 5.91 Å². The van der Waals surface area contributed by atoms with Gasteiger partial charge >= 0.3 is 0 Å². The molecule has 0 heterocycles. The highest BCUT2D eigenvalue weighted by molar-refractivity contribution is 5.97. The van der Waals surface area contributed by atoms with E-state index in [-0.39, 0.29) is 23.6 Å². The fourth-order valence-electron chi connectivity index (χ4n) is 2.44. The van der Waals surface area contributed by atoms with E-state index in [0.717, 1.165) is 16.3 Å². The Balaban J connectivity index is 1.61. The van der Waals surface area contributed by atoms with Gasteiger partial charge in [0.15, 0.2) is 0 Å². The molecule has 24 heavy (non-hydrogen) atoms. The number of amides is 2. The lowest BCUT2D eigenvalue weighted by molar-refractivity contribution is -0.121. The maximum absolute atomic E-state index is 12.0. The van der Waals surface area contributed by atoms with Crippen molar-refractivity contribution in [3.63, 3.8) is 0 Å². The van der Waals surface area contributed by atoms with Crippen LogP contribution in [-0.4, -0.2) is 16.9 Å². The largest absolute Gasteiger partial charge is 0.507 e. The lowest BCUT2D eigenvalue weighted by atomic mass is 10.1. The smallest absolute Gasteiger partial charge is 0.273 e. The number of rotatable bonds is 3. The van der Waals surface area contributed by atoms with Crippen molar-refractivity contribution in [1.29, 1.82) is 0 Å². The predicted molar refractivity (Wildman–Crippen MR) is 91.4 cm³/mol. The first kappa shape index (κ1) is 15.6. The van der Waals surface area contributed by atoms with Crippen LogP contribution in [0.15, 0.2) is 66.7 Å². The van der Waals surface area contributed by atoms with Gasteiger partial charge in [0.05, 0.1) is 12.0 Å². The molecule has 0 aliphatic carbocycles. The molecule has 5 nitrogen and oxygen atoms in total. The van der Waals surface area contributed by atoms with Gasteiger partial charge in [-0.15, -0.1) is 0 Å². The summed E-state index contributed by atoms with van der Waals surface area (Å²) in [5.41, 5.74) is 5.60. The van der Waals surface area contributed by atoms with Gasteiger partial charge in [-0.2, -0.15) is 0 Å². The zero-order valence-corrected chi connectivity index (χ0v) is 12.8. The summed E-state index contributed by atoms with van der Waals surface area (Å²) in [5.74, 6) is -1.05. The molecule has 2 amide bonds. The molecular weight excluding hydrogens is 304 g/mol. The second-order valence-electron chi connectivity index (χ2n) is 5.38. The number of carbonyl (C=O) groups is 2. The number of carbonyl (C=O) groups excluding carboxylic acids is 2. The normalized spacial score (nSPS) is 10.3. The third kappa shape index (κ3) is 3.52. The number of nitrogens with one attached hydrogen (secondary N) is 2. The number of benzene rings is 3. The van der Waals surface area contributed by atoms with Crippen molar-refractivity contribution in [2.75, 3.05) is 0 Å². The summed E-state index contributed by atoms with van der Waals surface area (Å²) in [6, 6.07) is 19.8. The summed E-state index contributed by atoms with van der Waals surface area (Å²) in [6.45, 7) is 0. The molecule has 0 aliphatic rings. The van der Waals surface area contributed by atoms with E-state index in [0.29, 0.717) is 0 Å². The number of fused-ring (bicyclic) bond motifs is 1. The molecule has 0 saturated heterocycles. The van der Waals surface area contributed by atoms with Gasteiger partial charge < -0.3 is 5.11 Å². The van der Waals surface area contributed by atoms with Crippen LogP contribution >= 0.6 is 0 Å². The summed E-state index contributed by atoms with van der Waals surface area (Å²) in [4.78, 5) is 23.9. The van der Waals surface area contributed by atoms with Crippen LogP contribution in [-0.2, 0) is 11.2 Å². The van der Waals surface area contributed by atoms with Gasteiger partial charge in [-0.25, -0.2) is 0 Å². The molecule has 0 saturated carbocycles. The Kier molecular flexibility index (Phi) is 4.43. The van der Waals surface area contributed by atoms with Crippen molar-refractivity contribution >= 4 is 22.6 Å². The first-order valence-electron chi connectivity index (χ1n) is 7.48. The fraction of sp³-hybridized carbons (Fsp3) is 0.0526. The van der Waals surface area contributed by atoms with E-state index in [1.807, 2.05) is 42.5 Å². The van der Waals surface area contributed by atoms with Crippen LogP contribution in [0, 0.1) is 0 Å². The molecule has 0 atom stereocenters. The monoisotopic (exact) mass is 320 g/mol. The molecular formula is C19H16N2O3. The van der Waals surface area contributed by atoms with E-state index in [4.69, 9.17) is 0 Å². The first-order chi connectivity index (χ1) is 11.6. The van der Waals surface area contributed by atoms with Crippen molar-refractivity contribution in [2.45, 2.75) is 6.42 Å². The highest BCUT2D eigenvalue weighted by Crippen LogP contribution is 2.16. The van der Waals surface area contributed by atoms with Crippen LogP contribution in [0.1, 0.15) is 15.9 Å². The minimum Gasteiger partial charge on any atom is -0.507 e. The van der Waals surface area contributed by atoms with Crippen LogP contribution in [0.5, 0.6) is 5.75 Å². The SMILES string of the molecule is O=C(Cc1ccc2ccccc2c1)NNC(=O)c1ccccc1O. The summed E-state index contributed by atoms with van der Waals surface area (Å²) in [5, 5.41) is 11.8. The Bertz CT molecular complexity index is 906. The predicted octanol–water partition coefficient (Wildman–Crippen LogP) is 2.55. The van der Waals surface area contributed by atoms with Gasteiger partial charge in [-0.3, -0.25) is 20.4 Å². The van der Waals surface area contributed by atoms with Gasteiger partial charge in [-0.05, 0) is 28.5 Å². The number of hydrogen-bond donors (Lipinski definition) is 3. The zero-order valence-electron chi connectivity index (χ0n) is 12.8. The number of aromatic hydroxyl groups is 1. The second-order valence-corrected chi connectivity index (χ2v) is 5.38. The van der Waals surface area contributed by atoms with Crippen molar-refractivity contribution in [1.82, 2.24) is 10.9 Å². The molecule has 0 bridgehead atoms. The zero-order chi connectivity index (χ0) is 16.9. The molecule has 0 radical (unpaired) electrons. The summed E-state index contributed by atoms with van der Waals surface area (Å²) < 4.78 is 0. The third-order valence-corrected chi connectivity index (χ3v) is 3.64. The summed E-state index contributed by atoms with van der Waals surface area (Å²) >= 11 is 0. The first-order valence-corrected chi connectivity index (χ1v) is 7.48. The molecule has 0 aliphatic heterocycles. The quantitative estimate of drug-likeness (QED) is 0.649. The molecule has 0 fully saturated rings. The maximum atomic E-state index is 12.0. The fourth-order valence-corrected chi connectivity index (χ4v) is 2.44. The topological polar surface area (TPSA) is 78.4 Å². The minimum atomic E-state index is -0.569. The van der Waals surface area contributed by atoms with E-state index in [1.165, 1.54) is 12.1 Å². The van der Waals surface area contributed by atoms with Gasteiger partial charge in [-0.1, -0.05) is 54.6 Å². The molecule has 120 valence electrons. The average Bonchev–Trinajstić information content (AvgIpc) is 2.60. The highest BCUT2D eigenvalue weighted by atomic mass is 16.3. The number of para-hydroxylation sites is 1. The van der Waals surface area contributed by atoms with E-state index in [2.05, 4.69) is 10.9 Å². The minimum absolute atomic E-state index is 0.100. The summed E-state index contributed by atoms with van der Waals surface area (Å²) in [6.07, 6.45) is 0.145. The van der Waals surface area contributed by atoms with Crippen molar-refractivity contribution in [2.24, 2.45) is 0 Å². The lowest BCUT2D eigenvalue weighted by Gasteiger charge is -2.09. The standard InChI is InChI=1S/C19H16N2O3/c22-17-8-4-3-7-16(17)19(24)21-20-18(23)12-13-9-10-14-5-1-2-6-15(14)11-13/h1-11,22H,12H2,(H,20,23)(H,21,24). The second kappa shape index (κ2) is 6.83. The van der Waals surface area contributed by atoms with Gasteiger partial charge in [0.2, 0.25) is 5.91 Å². The molecule has 3 aromatic rings. The number of phenols is 1. The van der Waals surface area contributed by atoms with Crippen molar-refractivity contribution in [3.8, 4) is 5.75 Å². The highest BCUT2D eigenvalue weighted by Gasteiger charge is 2.11. The van der Waals surface area contributed by atoms with Crippen LogP contribution in [0.4, 0.5) is 0 Å². The molecule has 5 heteroatoms. The Hall–Kier alpha value is -3.34. The molecule has 0 unspecified atom stereocenters. The van der Waals surface area contributed by atoms with E-state index >= 15 is 0 Å². The lowest BCUT2D eigenvalue weighted by Crippen LogP contribution is -2.42. The number of hydrogen-bond acceptors (Lipinski definition) is 3. The number of hydrazine groups is 1. The third-order valence-electron chi connectivity index (χ3n) is 3.64. The molecule has 3 rings (SSSR count). The van der Waals surface area contributed by atoms with Crippen molar-refractivity contribution < 1.29 is 14.7 Å². The Morgan fingerprint density at radius 2 is 1.54 bits per heavy atom. The maximum Gasteiger partial charge on any atom is 0.273 e. The van der Waals surface area contributed by atoms with Gasteiger partial charge in [0.1, 0.15) is 5.75 Å². The Labute approximate surface area is 138 Å². The average molecular weight is 320 g/mol. The van der Waals surface area contributed by atoms with Crippen LogP contribution in [0.25, 0.3) is 10.8 Å². The molecule has 0 spiro atoms. The van der Waals surface area contributed by atoms with Crippen LogP contribution in [0.2, 0.25) is 0 Å². The van der Waals surface area contributed by atoms with Crippen molar-refractivity contribution in [3.05, 3.63) is 77.9 Å². The van der Waals surface area contributed by atoms with Gasteiger partial charge in [0, 0.05) is 0 Å². The van der Waals surface area contributed by atoms with E-state index in [1.54, 1.807) is 12.1 Å². The molecule has 0 aromatic heterocycles. The van der Waals surface area contributed by atoms with Crippen LogP contribution in [0.3, 0.4) is 0 Å². The van der Waals surface area contributed by atoms with E-state index < -0.39 is 5.91 Å². The van der Waals surface area contributed by atoms with Crippen LogP contribution < -0.4 is 10.9 Å².